The predicted molar refractivity (Wildman–Crippen MR) is 127 cm³/mol. The Morgan fingerprint density at radius 2 is 1.69 bits per heavy atom. The second kappa shape index (κ2) is 9.40. The van der Waals surface area contributed by atoms with E-state index in [1.54, 1.807) is 10.9 Å². The van der Waals surface area contributed by atoms with Crippen LogP contribution < -0.4 is 4.72 Å². The molecule has 4 nitrogen and oxygen atoms in total. The van der Waals surface area contributed by atoms with Crippen molar-refractivity contribution in [1.82, 2.24) is 14.5 Å². The first-order valence-electron chi connectivity index (χ1n) is 10.9. The fourth-order valence-electron chi connectivity index (χ4n) is 3.87. The molecule has 3 aromatic rings. The van der Waals surface area contributed by atoms with Crippen molar-refractivity contribution in [1.29, 1.82) is 0 Å². The Morgan fingerprint density at radius 3 is 2.23 bits per heavy atom. The van der Waals surface area contributed by atoms with Gasteiger partial charge in [0.15, 0.2) is 11.6 Å². The molecule has 1 saturated carbocycles. The van der Waals surface area contributed by atoms with E-state index in [0.29, 0.717) is 21.3 Å². The lowest BCUT2D eigenvalue weighted by atomic mass is 9.98. The van der Waals surface area contributed by atoms with Crippen LogP contribution in [0.3, 0.4) is 0 Å². The van der Waals surface area contributed by atoms with Crippen LogP contribution >= 0.6 is 15.9 Å². The third kappa shape index (κ3) is 5.51. The molecule has 1 aliphatic carbocycles. The number of halogens is 6. The lowest BCUT2D eigenvalue weighted by Crippen LogP contribution is -2.27. The molecule has 2 aromatic carbocycles. The van der Waals surface area contributed by atoms with Crippen molar-refractivity contribution in [3.05, 3.63) is 69.8 Å². The smallest absolute Gasteiger partial charge is 0.259 e. The Labute approximate surface area is 210 Å². The number of rotatable bonds is 6. The average Bonchev–Trinajstić information content (AvgIpc) is 3.51. The van der Waals surface area contributed by atoms with Crippen molar-refractivity contribution in [2.24, 2.45) is 5.92 Å². The molecule has 1 fully saturated rings. The third-order valence-corrected chi connectivity index (χ3v) is 7.58. The van der Waals surface area contributed by atoms with E-state index in [1.807, 2.05) is 20.8 Å². The van der Waals surface area contributed by atoms with Crippen LogP contribution in [0.2, 0.25) is 0 Å². The van der Waals surface area contributed by atoms with Crippen LogP contribution in [-0.4, -0.2) is 14.0 Å². The highest BCUT2D eigenvalue weighted by Crippen LogP contribution is 2.46. The van der Waals surface area contributed by atoms with Crippen molar-refractivity contribution in [2.75, 3.05) is 0 Å². The van der Waals surface area contributed by atoms with Gasteiger partial charge in [-0.3, -0.25) is 4.68 Å². The Morgan fingerprint density at radius 1 is 1.09 bits per heavy atom. The van der Waals surface area contributed by atoms with Crippen LogP contribution in [0.1, 0.15) is 50.8 Å². The second-order valence-corrected chi connectivity index (χ2v) is 11.6. The van der Waals surface area contributed by atoms with E-state index in [2.05, 4.69) is 25.8 Å². The van der Waals surface area contributed by atoms with E-state index >= 15 is 0 Å². The number of alkyl halides is 3. The molecule has 0 aliphatic heterocycles. The number of nitrogens with zero attached hydrogens (tertiary/aromatic N) is 2. The lowest BCUT2D eigenvalue weighted by molar-refractivity contribution is -0.137. The summed E-state index contributed by atoms with van der Waals surface area (Å²) in [6, 6.07) is 5.82. The molecule has 0 spiro atoms. The summed E-state index contributed by atoms with van der Waals surface area (Å²) in [4.78, 5) is 0.197. The normalized spacial score (nSPS) is 16.4. The van der Waals surface area contributed by atoms with Crippen molar-refractivity contribution in [3.8, 4) is 11.3 Å². The van der Waals surface area contributed by atoms with Gasteiger partial charge in [0.05, 0.1) is 33.9 Å². The molecule has 1 N–H and O–H groups in total. The summed E-state index contributed by atoms with van der Waals surface area (Å²) in [6.07, 6.45) is -1.17. The van der Waals surface area contributed by atoms with Gasteiger partial charge in [-0.15, -0.1) is 0 Å². The van der Waals surface area contributed by atoms with Crippen molar-refractivity contribution in [3.63, 3.8) is 0 Å². The lowest BCUT2D eigenvalue weighted by Gasteiger charge is -2.25. The SMILES string of the molecule is CC(C)(C)n1ncc(C(NS(=O)c2ccc(C(F)(F)F)cc2)C2CC2)c1-c1cc(F)c(F)cc1Br. The summed E-state index contributed by atoms with van der Waals surface area (Å²) in [5.74, 6) is -1.90. The van der Waals surface area contributed by atoms with Gasteiger partial charge in [0.25, 0.3) is 0 Å². The Hall–Kier alpha value is -2.11. The summed E-state index contributed by atoms with van der Waals surface area (Å²) >= 11 is 3.33. The fraction of sp³-hybridized carbons (Fsp3) is 0.375. The average molecular weight is 576 g/mol. The Kier molecular flexibility index (Phi) is 6.98. The topological polar surface area (TPSA) is 46.9 Å². The molecule has 0 saturated heterocycles. The first-order chi connectivity index (χ1) is 16.3. The number of nitrogens with one attached hydrogen (secondary N) is 1. The van der Waals surface area contributed by atoms with E-state index in [9.17, 15) is 26.2 Å². The molecule has 35 heavy (non-hydrogen) atoms. The molecule has 1 heterocycles. The molecule has 1 aliphatic rings. The zero-order chi connectivity index (χ0) is 25.7. The van der Waals surface area contributed by atoms with Crippen LogP contribution in [0.15, 0.2) is 52.0 Å². The summed E-state index contributed by atoms with van der Waals surface area (Å²) < 4.78 is 85.0. The molecular weight excluding hydrogens is 553 g/mol. The van der Waals surface area contributed by atoms with Gasteiger partial charge >= 0.3 is 6.18 Å². The van der Waals surface area contributed by atoms with E-state index in [0.717, 1.165) is 37.1 Å². The van der Waals surface area contributed by atoms with Gasteiger partial charge in [-0.25, -0.2) is 17.7 Å². The highest BCUT2D eigenvalue weighted by atomic mass is 79.9. The Bertz CT molecular complexity index is 1260. The first kappa shape index (κ1) is 26.0. The quantitative estimate of drug-likeness (QED) is 0.251. The molecule has 11 heteroatoms. The van der Waals surface area contributed by atoms with Crippen molar-refractivity contribution in [2.45, 2.75) is 56.3 Å². The van der Waals surface area contributed by atoms with Gasteiger partial charge < -0.3 is 0 Å². The first-order valence-corrected chi connectivity index (χ1v) is 12.8. The summed E-state index contributed by atoms with van der Waals surface area (Å²) in [6.45, 7) is 5.75. The molecular formula is C24H23BrF5N3OS. The standard InChI is InChI=1S/C24H23BrF5N3OS/c1-23(2,3)33-22(16-10-19(26)20(27)11-18(16)25)17(12-31-33)21(13-4-5-13)32-35(34)15-8-6-14(7-9-15)24(28,29)30/h6-13,21,32H,4-5H2,1-3H3. The molecule has 1 aromatic heterocycles. The number of hydrogen-bond donors (Lipinski definition) is 1. The zero-order valence-electron chi connectivity index (χ0n) is 19.1. The van der Waals surface area contributed by atoms with Gasteiger partial charge in [0.1, 0.15) is 11.0 Å². The minimum Gasteiger partial charge on any atom is -0.259 e. The molecule has 0 radical (unpaired) electrons. The van der Waals surface area contributed by atoms with E-state index < -0.39 is 45.9 Å². The van der Waals surface area contributed by atoms with Gasteiger partial charge in [0.2, 0.25) is 0 Å². The van der Waals surface area contributed by atoms with Gasteiger partial charge in [-0.05, 0) is 91.9 Å². The zero-order valence-corrected chi connectivity index (χ0v) is 21.5. The van der Waals surface area contributed by atoms with E-state index in [-0.39, 0.29) is 10.8 Å². The summed E-state index contributed by atoms with van der Waals surface area (Å²) in [7, 11) is -1.82. The Balaban J connectivity index is 1.75. The van der Waals surface area contributed by atoms with E-state index in [1.165, 1.54) is 12.1 Å². The summed E-state index contributed by atoms with van der Waals surface area (Å²) in [5, 5.41) is 4.52. The molecule has 4 rings (SSSR count). The molecule has 0 bridgehead atoms. The highest BCUT2D eigenvalue weighted by molar-refractivity contribution is 9.10. The maximum Gasteiger partial charge on any atom is 0.416 e. The van der Waals surface area contributed by atoms with Crippen molar-refractivity contribution < 1.29 is 26.2 Å². The van der Waals surface area contributed by atoms with E-state index in [4.69, 9.17) is 0 Å². The maximum atomic E-state index is 14.3. The monoisotopic (exact) mass is 575 g/mol. The number of benzene rings is 2. The predicted octanol–water partition coefficient (Wildman–Crippen LogP) is 7.13. The second-order valence-electron chi connectivity index (χ2n) is 9.50. The van der Waals surface area contributed by atoms with Crippen LogP contribution in [0, 0.1) is 17.6 Å². The minimum atomic E-state index is -4.49. The fourth-order valence-corrected chi connectivity index (χ4v) is 5.44. The third-order valence-electron chi connectivity index (χ3n) is 5.76. The van der Waals surface area contributed by atoms with Crippen LogP contribution in [-0.2, 0) is 22.7 Å². The molecule has 2 atom stereocenters. The minimum absolute atomic E-state index is 0.105. The highest BCUT2D eigenvalue weighted by Gasteiger charge is 2.38. The largest absolute Gasteiger partial charge is 0.416 e. The summed E-state index contributed by atoms with van der Waals surface area (Å²) in [5.41, 5.74) is 0.234. The van der Waals surface area contributed by atoms with Crippen molar-refractivity contribution >= 4 is 26.9 Å². The van der Waals surface area contributed by atoms with Gasteiger partial charge in [-0.2, -0.15) is 18.3 Å². The van der Waals surface area contributed by atoms with Gasteiger partial charge in [0, 0.05) is 15.6 Å². The van der Waals surface area contributed by atoms with Crippen LogP contribution in [0.5, 0.6) is 0 Å². The maximum absolute atomic E-state index is 14.3. The van der Waals surface area contributed by atoms with Crippen LogP contribution in [0.25, 0.3) is 11.3 Å². The molecule has 188 valence electrons. The number of hydrogen-bond acceptors (Lipinski definition) is 2. The molecule has 2 unspecified atom stereocenters. The molecule has 0 amide bonds. The number of aromatic nitrogens is 2. The van der Waals surface area contributed by atoms with Gasteiger partial charge in [-0.1, -0.05) is 0 Å². The van der Waals surface area contributed by atoms with Crippen LogP contribution in [0.4, 0.5) is 22.0 Å².